The summed E-state index contributed by atoms with van der Waals surface area (Å²) >= 11 is 0. The third kappa shape index (κ3) is 4.65. The highest BCUT2D eigenvalue weighted by atomic mass is 16.5. The van der Waals surface area contributed by atoms with Gasteiger partial charge in [0.15, 0.2) is 0 Å². The molecule has 0 aliphatic heterocycles. The second kappa shape index (κ2) is 8.24. The SMILES string of the molecule is COc1cc(OC)cc(C(=O)NCCOc2ccc(C)c(C)c2)c1. The first-order valence-electron chi connectivity index (χ1n) is 7.75. The lowest BCUT2D eigenvalue weighted by molar-refractivity contribution is 0.0946. The topological polar surface area (TPSA) is 56.8 Å². The van der Waals surface area contributed by atoms with E-state index in [0.717, 1.165) is 5.75 Å². The second-order valence-corrected chi connectivity index (χ2v) is 5.45. The summed E-state index contributed by atoms with van der Waals surface area (Å²) in [6.45, 7) is 4.91. The van der Waals surface area contributed by atoms with E-state index in [9.17, 15) is 4.79 Å². The van der Waals surface area contributed by atoms with Crippen molar-refractivity contribution in [3.63, 3.8) is 0 Å². The molecule has 1 amide bonds. The molecule has 128 valence electrons. The maximum atomic E-state index is 12.2. The van der Waals surface area contributed by atoms with Crippen molar-refractivity contribution >= 4 is 5.91 Å². The van der Waals surface area contributed by atoms with Gasteiger partial charge in [-0.25, -0.2) is 0 Å². The number of hydrogen-bond donors (Lipinski definition) is 1. The van der Waals surface area contributed by atoms with Crippen LogP contribution in [-0.2, 0) is 0 Å². The van der Waals surface area contributed by atoms with Crippen LogP contribution in [0, 0.1) is 13.8 Å². The fourth-order valence-electron chi connectivity index (χ4n) is 2.18. The van der Waals surface area contributed by atoms with Crippen molar-refractivity contribution in [2.24, 2.45) is 0 Å². The molecule has 0 atom stereocenters. The predicted molar refractivity (Wildman–Crippen MR) is 93.3 cm³/mol. The fraction of sp³-hybridized carbons (Fsp3) is 0.316. The Labute approximate surface area is 142 Å². The smallest absolute Gasteiger partial charge is 0.251 e. The number of benzene rings is 2. The zero-order chi connectivity index (χ0) is 17.5. The largest absolute Gasteiger partial charge is 0.497 e. The molecule has 0 radical (unpaired) electrons. The lowest BCUT2D eigenvalue weighted by Crippen LogP contribution is -2.28. The number of aryl methyl sites for hydroxylation is 2. The molecular weight excluding hydrogens is 306 g/mol. The van der Waals surface area contributed by atoms with Crippen LogP contribution in [0.5, 0.6) is 17.2 Å². The number of methoxy groups -OCH3 is 2. The summed E-state index contributed by atoms with van der Waals surface area (Å²) < 4.78 is 16.0. The van der Waals surface area contributed by atoms with E-state index >= 15 is 0 Å². The predicted octanol–water partition coefficient (Wildman–Crippen LogP) is 3.13. The molecule has 0 saturated heterocycles. The molecule has 5 heteroatoms. The van der Waals surface area contributed by atoms with E-state index in [2.05, 4.69) is 12.2 Å². The van der Waals surface area contributed by atoms with Gasteiger partial charge in [-0.2, -0.15) is 0 Å². The number of ether oxygens (including phenoxy) is 3. The second-order valence-electron chi connectivity index (χ2n) is 5.45. The Bertz CT molecular complexity index is 690. The molecule has 0 aliphatic carbocycles. The Morgan fingerprint density at radius 3 is 2.17 bits per heavy atom. The fourth-order valence-corrected chi connectivity index (χ4v) is 2.18. The maximum Gasteiger partial charge on any atom is 0.251 e. The van der Waals surface area contributed by atoms with Crippen LogP contribution in [0.3, 0.4) is 0 Å². The van der Waals surface area contributed by atoms with Gasteiger partial charge in [0.1, 0.15) is 23.9 Å². The first kappa shape index (κ1) is 17.7. The van der Waals surface area contributed by atoms with Crippen LogP contribution in [0.15, 0.2) is 36.4 Å². The third-order valence-electron chi connectivity index (χ3n) is 3.75. The highest BCUT2D eigenvalue weighted by molar-refractivity contribution is 5.95. The van der Waals surface area contributed by atoms with Gasteiger partial charge in [-0.05, 0) is 49.2 Å². The minimum Gasteiger partial charge on any atom is -0.497 e. The first-order valence-corrected chi connectivity index (χ1v) is 7.75. The molecule has 0 aromatic heterocycles. The van der Waals surface area contributed by atoms with E-state index in [-0.39, 0.29) is 5.91 Å². The lowest BCUT2D eigenvalue weighted by Gasteiger charge is -2.11. The van der Waals surface area contributed by atoms with Crippen molar-refractivity contribution in [1.29, 1.82) is 0 Å². The van der Waals surface area contributed by atoms with E-state index in [1.165, 1.54) is 11.1 Å². The lowest BCUT2D eigenvalue weighted by atomic mass is 10.1. The van der Waals surface area contributed by atoms with E-state index in [0.29, 0.717) is 30.2 Å². The summed E-state index contributed by atoms with van der Waals surface area (Å²) in [4.78, 5) is 12.2. The van der Waals surface area contributed by atoms with Crippen LogP contribution in [0.2, 0.25) is 0 Å². The molecule has 24 heavy (non-hydrogen) atoms. The van der Waals surface area contributed by atoms with Crippen LogP contribution in [0.4, 0.5) is 0 Å². The van der Waals surface area contributed by atoms with Crippen molar-refractivity contribution in [2.45, 2.75) is 13.8 Å². The number of hydrogen-bond acceptors (Lipinski definition) is 4. The minimum atomic E-state index is -0.198. The Balaban J connectivity index is 1.88. The summed E-state index contributed by atoms with van der Waals surface area (Å²) in [5, 5.41) is 2.82. The van der Waals surface area contributed by atoms with Crippen molar-refractivity contribution in [2.75, 3.05) is 27.4 Å². The molecule has 0 fully saturated rings. The van der Waals surface area contributed by atoms with Gasteiger partial charge in [-0.1, -0.05) is 6.07 Å². The minimum absolute atomic E-state index is 0.198. The third-order valence-corrected chi connectivity index (χ3v) is 3.75. The zero-order valence-corrected chi connectivity index (χ0v) is 14.5. The Morgan fingerprint density at radius 2 is 1.58 bits per heavy atom. The van der Waals surface area contributed by atoms with Crippen LogP contribution in [0.1, 0.15) is 21.5 Å². The molecule has 0 aliphatic rings. The molecule has 0 saturated carbocycles. The standard InChI is InChI=1S/C19H23NO4/c1-13-5-6-16(9-14(13)2)24-8-7-20-19(21)15-10-17(22-3)12-18(11-15)23-4/h5-6,9-12H,7-8H2,1-4H3,(H,20,21). The first-order chi connectivity index (χ1) is 11.5. The van der Waals surface area contributed by atoms with Gasteiger partial charge in [0.2, 0.25) is 0 Å². The van der Waals surface area contributed by atoms with Crippen molar-refractivity contribution in [1.82, 2.24) is 5.32 Å². The summed E-state index contributed by atoms with van der Waals surface area (Å²) in [5.74, 6) is 1.75. The number of rotatable bonds is 7. The zero-order valence-electron chi connectivity index (χ0n) is 14.5. The Hall–Kier alpha value is -2.69. The molecule has 2 aromatic rings. The number of nitrogens with one attached hydrogen (secondary N) is 1. The van der Waals surface area contributed by atoms with E-state index < -0.39 is 0 Å². The van der Waals surface area contributed by atoms with Crippen molar-refractivity contribution in [3.05, 3.63) is 53.1 Å². The van der Waals surface area contributed by atoms with Gasteiger partial charge in [0, 0.05) is 11.6 Å². The molecule has 1 N–H and O–H groups in total. The summed E-state index contributed by atoms with van der Waals surface area (Å²) in [5.41, 5.74) is 2.89. The molecular formula is C19H23NO4. The number of amides is 1. The van der Waals surface area contributed by atoms with Crippen molar-refractivity contribution in [3.8, 4) is 17.2 Å². The number of carbonyl (C=O) groups is 1. The van der Waals surface area contributed by atoms with E-state index in [1.54, 1.807) is 32.4 Å². The Kier molecular flexibility index (Phi) is 6.07. The quantitative estimate of drug-likeness (QED) is 0.793. The van der Waals surface area contributed by atoms with Gasteiger partial charge >= 0.3 is 0 Å². The molecule has 2 aromatic carbocycles. The van der Waals surface area contributed by atoms with Crippen LogP contribution in [0.25, 0.3) is 0 Å². The van der Waals surface area contributed by atoms with Crippen molar-refractivity contribution < 1.29 is 19.0 Å². The molecule has 0 spiro atoms. The molecule has 2 rings (SSSR count). The van der Waals surface area contributed by atoms with Gasteiger partial charge in [-0.15, -0.1) is 0 Å². The average molecular weight is 329 g/mol. The van der Waals surface area contributed by atoms with Crippen LogP contribution >= 0.6 is 0 Å². The van der Waals surface area contributed by atoms with Gasteiger partial charge in [-0.3, -0.25) is 4.79 Å². The number of carbonyl (C=O) groups excluding carboxylic acids is 1. The van der Waals surface area contributed by atoms with E-state index in [1.807, 2.05) is 25.1 Å². The van der Waals surface area contributed by atoms with Crippen LogP contribution < -0.4 is 19.5 Å². The Morgan fingerprint density at radius 1 is 0.917 bits per heavy atom. The molecule has 0 unspecified atom stereocenters. The highest BCUT2D eigenvalue weighted by Crippen LogP contribution is 2.22. The normalized spacial score (nSPS) is 10.2. The van der Waals surface area contributed by atoms with Crippen LogP contribution in [-0.4, -0.2) is 33.3 Å². The van der Waals surface area contributed by atoms with Gasteiger partial charge in [0.25, 0.3) is 5.91 Å². The van der Waals surface area contributed by atoms with Gasteiger partial charge in [0.05, 0.1) is 20.8 Å². The maximum absolute atomic E-state index is 12.2. The monoisotopic (exact) mass is 329 g/mol. The summed E-state index contributed by atoms with van der Waals surface area (Å²) in [6.07, 6.45) is 0. The van der Waals surface area contributed by atoms with E-state index in [4.69, 9.17) is 14.2 Å². The molecule has 0 heterocycles. The summed E-state index contributed by atoms with van der Waals surface area (Å²) in [7, 11) is 3.10. The molecule has 0 bridgehead atoms. The summed E-state index contributed by atoms with van der Waals surface area (Å²) in [6, 6.07) is 11.0. The average Bonchev–Trinajstić information content (AvgIpc) is 2.60. The van der Waals surface area contributed by atoms with Gasteiger partial charge < -0.3 is 19.5 Å². The molecule has 5 nitrogen and oxygen atoms in total. The highest BCUT2D eigenvalue weighted by Gasteiger charge is 2.09.